The molecule has 2 aliphatic heterocycles. The van der Waals surface area contributed by atoms with E-state index >= 15 is 0 Å². The molecule has 0 radical (unpaired) electrons. The number of nitrogens with zero attached hydrogens (tertiary/aromatic N) is 2. The molecule has 0 bridgehead atoms. The number of piperazine rings is 1. The minimum absolute atomic E-state index is 0.0489. The zero-order chi connectivity index (χ0) is 18.7. The van der Waals surface area contributed by atoms with Gasteiger partial charge in [0.25, 0.3) is 0 Å². The van der Waals surface area contributed by atoms with E-state index in [9.17, 15) is 18.0 Å². The summed E-state index contributed by atoms with van der Waals surface area (Å²) in [5.74, 6) is -1.66. The molecule has 26 heavy (non-hydrogen) atoms. The molecule has 2 N–H and O–H groups in total. The Hall–Kier alpha value is -2.13. The lowest BCUT2D eigenvalue weighted by Crippen LogP contribution is -2.44. The molecule has 1 aromatic carbocycles. The molecule has 9 heteroatoms. The first-order valence-corrected chi connectivity index (χ1v) is 10.5. The molecule has 3 rings (SSSR count). The average molecular weight is 380 g/mol. The summed E-state index contributed by atoms with van der Waals surface area (Å²) in [6, 6.07) is 6.88. The Bertz CT molecular complexity index is 770. The minimum Gasteiger partial charge on any atom is -0.369 e. The van der Waals surface area contributed by atoms with Crippen molar-refractivity contribution < 1.29 is 18.0 Å². The highest BCUT2D eigenvalue weighted by Crippen LogP contribution is 2.19. The topological polar surface area (TPSA) is 98.8 Å². The van der Waals surface area contributed by atoms with Crippen LogP contribution in [0.1, 0.15) is 6.42 Å². The monoisotopic (exact) mass is 380 g/mol. The maximum Gasteiger partial charge on any atom is 0.313 e. The predicted molar refractivity (Wildman–Crippen MR) is 100.0 cm³/mol. The van der Waals surface area contributed by atoms with E-state index in [0.717, 1.165) is 31.9 Å². The van der Waals surface area contributed by atoms with Gasteiger partial charge in [-0.15, -0.1) is 0 Å². The number of hydrogen-bond acceptors (Lipinski definition) is 6. The highest BCUT2D eigenvalue weighted by atomic mass is 32.2. The number of likely N-dealkylation sites (N-methyl/N-ethyl adjacent to an activating group) is 1. The van der Waals surface area contributed by atoms with Gasteiger partial charge in [-0.2, -0.15) is 0 Å². The van der Waals surface area contributed by atoms with Crippen molar-refractivity contribution in [1.29, 1.82) is 0 Å². The molecule has 8 nitrogen and oxygen atoms in total. The molecule has 1 unspecified atom stereocenters. The fourth-order valence-electron chi connectivity index (χ4n) is 3.17. The van der Waals surface area contributed by atoms with Crippen molar-refractivity contribution in [2.75, 3.05) is 54.9 Å². The number of rotatable bonds is 3. The van der Waals surface area contributed by atoms with E-state index in [1.165, 1.54) is 0 Å². The molecule has 0 aromatic heterocycles. The normalized spacial score (nSPS) is 22.8. The first-order valence-electron chi connectivity index (χ1n) is 8.68. The van der Waals surface area contributed by atoms with Crippen LogP contribution in [0.5, 0.6) is 0 Å². The first kappa shape index (κ1) is 18.7. The number of carbonyl (C=O) groups is 2. The van der Waals surface area contributed by atoms with Crippen LogP contribution in [0.25, 0.3) is 0 Å². The van der Waals surface area contributed by atoms with E-state index in [0.29, 0.717) is 12.1 Å². The van der Waals surface area contributed by atoms with Crippen molar-refractivity contribution in [3.63, 3.8) is 0 Å². The summed E-state index contributed by atoms with van der Waals surface area (Å²) in [5, 5.41) is 5.03. The lowest BCUT2D eigenvalue weighted by Gasteiger charge is -2.34. The van der Waals surface area contributed by atoms with Crippen molar-refractivity contribution in [3.8, 4) is 0 Å². The van der Waals surface area contributed by atoms with Crippen molar-refractivity contribution >= 4 is 33.0 Å². The molecular weight excluding hydrogens is 356 g/mol. The van der Waals surface area contributed by atoms with Gasteiger partial charge >= 0.3 is 11.8 Å². The van der Waals surface area contributed by atoms with Gasteiger partial charge in [0.1, 0.15) is 0 Å². The number of benzene rings is 1. The van der Waals surface area contributed by atoms with Crippen LogP contribution in [0.4, 0.5) is 11.4 Å². The highest BCUT2D eigenvalue weighted by Gasteiger charge is 2.30. The van der Waals surface area contributed by atoms with Crippen LogP contribution in [0, 0.1) is 0 Å². The molecule has 0 spiro atoms. The van der Waals surface area contributed by atoms with Crippen LogP contribution < -0.4 is 15.5 Å². The van der Waals surface area contributed by atoms with Gasteiger partial charge < -0.3 is 20.4 Å². The van der Waals surface area contributed by atoms with Crippen molar-refractivity contribution in [3.05, 3.63) is 24.3 Å². The van der Waals surface area contributed by atoms with Gasteiger partial charge in [-0.3, -0.25) is 9.59 Å². The Morgan fingerprint density at radius 1 is 1.04 bits per heavy atom. The molecule has 2 amide bonds. The summed E-state index contributed by atoms with van der Waals surface area (Å²) in [7, 11) is -1.000. The van der Waals surface area contributed by atoms with E-state index in [2.05, 4.69) is 27.5 Å². The lowest BCUT2D eigenvalue weighted by molar-refractivity contribution is -0.136. The summed E-state index contributed by atoms with van der Waals surface area (Å²) < 4.78 is 22.8. The molecule has 142 valence electrons. The number of carbonyl (C=O) groups excluding carboxylic acids is 2. The van der Waals surface area contributed by atoms with E-state index in [1.54, 1.807) is 12.1 Å². The molecule has 0 saturated carbocycles. The van der Waals surface area contributed by atoms with Gasteiger partial charge in [0.05, 0.1) is 11.5 Å². The fraction of sp³-hybridized carbons (Fsp3) is 0.529. The van der Waals surface area contributed by atoms with Crippen LogP contribution in [0.2, 0.25) is 0 Å². The zero-order valence-electron chi connectivity index (χ0n) is 14.8. The van der Waals surface area contributed by atoms with Crippen LogP contribution in [-0.2, 0) is 19.4 Å². The zero-order valence-corrected chi connectivity index (χ0v) is 15.6. The van der Waals surface area contributed by atoms with Crippen LogP contribution in [0.3, 0.4) is 0 Å². The largest absolute Gasteiger partial charge is 0.369 e. The maximum absolute atomic E-state index is 12.0. The van der Waals surface area contributed by atoms with Crippen molar-refractivity contribution in [1.82, 2.24) is 10.2 Å². The second-order valence-electron chi connectivity index (χ2n) is 6.86. The second kappa shape index (κ2) is 7.63. The molecule has 2 aliphatic rings. The smallest absolute Gasteiger partial charge is 0.313 e. The van der Waals surface area contributed by atoms with Crippen molar-refractivity contribution in [2.45, 2.75) is 12.5 Å². The molecule has 1 atom stereocenters. The van der Waals surface area contributed by atoms with Gasteiger partial charge in [-0.05, 0) is 37.7 Å². The first-order chi connectivity index (χ1) is 12.3. The standard InChI is InChI=1S/C17H24N4O4S/c1-20-7-9-21(10-8-20)15-4-2-13(3-5-15)18-16(22)17(23)19-14-6-11-26(24,25)12-14/h2-5,14H,6-12H2,1H3,(H,18,22)(H,19,23). The number of hydrogen-bond donors (Lipinski definition) is 2. The molecule has 2 fully saturated rings. The lowest BCUT2D eigenvalue weighted by atomic mass is 10.2. The van der Waals surface area contributed by atoms with Gasteiger partial charge in [-0.1, -0.05) is 0 Å². The highest BCUT2D eigenvalue weighted by molar-refractivity contribution is 7.91. The van der Waals surface area contributed by atoms with Crippen LogP contribution in [0.15, 0.2) is 24.3 Å². The summed E-state index contributed by atoms with van der Waals surface area (Å²) in [6.45, 7) is 3.93. The Morgan fingerprint density at radius 3 is 2.27 bits per heavy atom. The molecule has 2 heterocycles. The number of anilines is 2. The quantitative estimate of drug-likeness (QED) is 0.698. The summed E-state index contributed by atoms with van der Waals surface area (Å²) in [6.07, 6.45) is 0.348. The van der Waals surface area contributed by atoms with E-state index in [1.807, 2.05) is 12.1 Å². The Balaban J connectivity index is 1.52. The minimum atomic E-state index is -3.10. The van der Waals surface area contributed by atoms with Crippen LogP contribution in [-0.4, -0.2) is 75.9 Å². The fourth-order valence-corrected chi connectivity index (χ4v) is 4.84. The second-order valence-corrected chi connectivity index (χ2v) is 9.09. The molecular formula is C17H24N4O4S. The predicted octanol–water partition coefficient (Wildman–Crippen LogP) is -0.320. The number of amides is 2. The third kappa shape index (κ3) is 4.73. The average Bonchev–Trinajstić information content (AvgIpc) is 2.95. The third-order valence-electron chi connectivity index (χ3n) is 4.77. The third-order valence-corrected chi connectivity index (χ3v) is 6.54. The Kier molecular flexibility index (Phi) is 5.47. The Labute approximate surface area is 153 Å². The maximum atomic E-state index is 12.0. The van der Waals surface area contributed by atoms with Crippen LogP contribution >= 0.6 is 0 Å². The van der Waals surface area contributed by atoms with E-state index in [-0.39, 0.29) is 11.5 Å². The van der Waals surface area contributed by atoms with Gasteiger partial charge in [0.15, 0.2) is 9.84 Å². The SMILES string of the molecule is CN1CCN(c2ccc(NC(=O)C(=O)NC3CCS(=O)(=O)C3)cc2)CC1. The summed E-state index contributed by atoms with van der Waals surface area (Å²) >= 11 is 0. The molecule has 1 aromatic rings. The van der Waals surface area contributed by atoms with E-state index < -0.39 is 27.7 Å². The van der Waals surface area contributed by atoms with E-state index in [4.69, 9.17) is 0 Å². The molecule has 2 saturated heterocycles. The van der Waals surface area contributed by atoms with Gasteiger partial charge in [0.2, 0.25) is 0 Å². The Morgan fingerprint density at radius 2 is 1.69 bits per heavy atom. The van der Waals surface area contributed by atoms with Crippen molar-refractivity contribution in [2.24, 2.45) is 0 Å². The van der Waals surface area contributed by atoms with Gasteiger partial charge in [0, 0.05) is 43.6 Å². The number of nitrogens with one attached hydrogen (secondary N) is 2. The molecule has 0 aliphatic carbocycles. The summed E-state index contributed by atoms with van der Waals surface area (Å²) in [5.41, 5.74) is 1.61. The summed E-state index contributed by atoms with van der Waals surface area (Å²) in [4.78, 5) is 28.5. The number of sulfone groups is 1. The van der Waals surface area contributed by atoms with Gasteiger partial charge in [-0.25, -0.2) is 8.42 Å².